The van der Waals surface area contributed by atoms with Crippen molar-refractivity contribution in [1.29, 1.82) is 0 Å². The second-order valence-corrected chi connectivity index (χ2v) is 4.10. The van der Waals surface area contributed by atoms with Crippen molar-refractivity contribution in [3.63, 3.8) is 0 Å². The minimum absolute atomic E-state index is 0. The molecule has 0 saturated carbocycles. The zero-order valence-electron chi connectivity index (χ0n) is 15.1. The summed E-state index contributed by atoms with van der Waals surface area (Å²) in [5.74, 6) is -1.12. The van der Waals surface area contributed by atoms with Gasteiger partial charge in [-0.25, -0.2) is 0 Å². The van der Waals surface area contributed by atoms with Crippen LogP contribution in [0.1, 0.15) is 41.5 Å². The van der Waals surface area contributed by atoms with Crippen LogP contribution in [0.15, 0.2) is 0 Å². The van der Waals surface area contributed by atoms with Gasteiger partial charge in [0.05, 0.1) is 0 Å². The molecule has 0 aliphatic rings. The van der Waals surface area contributed by atoms with E-state index in [0.717, 1.165) is 19.3 Å². The number of ketones is 6. The predicted molar refractivity (Wildman–Crippen MR) is 87.8 cm³/mol. The van der Waals surface area contributed by atoms with Crippen molar-refractivity contribution in [2.45, 2.75) is 41.5 Å². The maximum atomic E-state index is 9.98. The number of Topliss-reactive ketones (excluding diaryl/α,β-unsaturated/α-hetero) is 6. The molecular formula is C15H27EuO9. The van der Waals surface area contributed by atoms with E-state index in [4.69, 9.17) is 0 Å². The molecule has 0 radical (unpaired) electrons. The number of hydrogen-bond donors (Lipinski definition) is 0. The largest absolute Gasteiger partial charge is 3.00 e. The third-order valence-electron chi connectivity index (χ3n) is 1.22. The Balaban J connectivity index is -0.0000000360. The molecule has 10 heteroatoms. The van der Waals surface area contributed by atoms with Crippen LogP contribution in [-0.4, -0.2) is 51.1 Å². The van der Waals surface area contributed by atoms with Crippen LogP contribution in [-0.2, 0) is 28.8 Å². The van der Waals surface area contributed by atoms with Crippen molar-refractivity contribution in [1.82, 2.24) is 0 Å². The normalized spacial score (nSPS) is 6.48. The summed E-state index contributed by atoms with van der Waals surface area (Å²) in [7, 11) is 0. The molecule has 0 bridgehead atoms. The first-order valence-electron chi connectivity index (χ1n) is 5.96. The van der Waals surface area contributed by atoms with E-state index in [1.807, 2.05) is 0 Å². The van der Waals surface area contributed by atoms with Gasteiger partial charge in [0.2, 0.25) is 0 Å². The van der Waals surface area contributed by atoms with Gasteiger partial charge in [0.25, 0.3) is 0 Å². The van der Waals surface area contributed by atoms with Crippen molar-refractivity contribution in [2.24, 2.45) is 0 Å². The van der Waals surface area contributed by atoms with Crippen LogP contribution in [0, 0.1) is 68.6 Å². The van der Waals surface area contributed by atoms with E-state index in [1.165, 1.54) is 41.5 Å². The van der Waals surface area contributed by atoms with Crippen molar-refractivity contribution in [3.8, 4) is 0 Å². The quantitative estimate of drug-likeness (QED) is 0.316. The molecular weight excluding hydrogens is 476 g/mol. The summed E-state index contributed by atoms with van der Waals surface area (Å²) in [5.41, 5.74) is 0. The third kappa shape index (κ3) is 83.5. The molecule has 0 rings (SSSR count). The predicted octanol–water partition coefficient (Wildman–Crippen LogP) is -1.37. The molecule has 0 aliphatic carbocycles. The fourth-order valence-corrected chi connectivity index (χ4v) is 0.859. The van der Waals surface area contributed by atoms with E-state index in [-0.39, 0.29) is 101 Å². The van der Waals surface area contributed by atoms with Crippen molar-refractivity contribution < 1.29 is 94.6 Å². The Morgan fingerprint density at radius 3 is 0.480 bits per heavy atom. The average molecular weight is 503 g/mol. The molecule has 0 aromatic rings. The van der Waals surface area contributed by atoms with Crippen LogP contribution in [0.5, 0.6) is 0 Å². The Morgan fingerprint density at radius 2 is 0.480 bits per heavy atom. The summed E-state index contributed by atoms with van der Waals surface area (Å²) in [6, 6.07) is 0. The summed E-state index contributed by atoms with van der Waals surface area (Å²) in [5, 5.41) is 0. The molecule has 0 heterocycles. The topological polar surface area (TPSA) is 197 Å². The molecule has 0 aromatic carbocycles. The Bertz CT molecular complexity index is 319. The van der Waals surface area contributed by atoms with Crippen LogP contribution in [0.25, 0.3) is 0 Å². The minimum atomic E-state index is -0.187. The number of carbonyl (C=O) groups is 6. The van der Waals surface area contributed by atoms with Crippen LogP contribution in [0.2, 0.25) is 0 Å². The van der Waals surface area contributed by atoms with Gasteiger partial charge in [-0.1, -0.05) is 0 Å². The summed E-state index contributed by atoms with van der Waals surface area (Å²) in [6.45, 7) is 8.09. The van der Waals surface area contributed by atoms with Crippen LogP contribution in [0.3, 0.4) is 0 Å². The number of hydrogen-bond acceptors (Lipinski definition) is 6. The fraction of sp³-hybridized carbons (Fsp3) is 0.400. The first-order chi connectivity index (χ1) is 9.38. The Labute approximate surface area is 188 Å². The Morgan fingerprint density at radius 1 is 0.400 bits per heavy atom. The SMILES string of the molecule is CC(=O)[CH-]C(C)=O.CC(=O)[CH-]C(C)=O.CC(=O)[CH-]C(C)=O.O.O.O.[Eu+3]. The molecule has 25 heavy (non-hydrogen) atoms. The van der Waals surface area contributed by atoms with Gasteiger partial charge in [-0.3, -0.25) is 19.3 Å². The van der Waals surface area contributed by atoms with Crippen molar-refractivity contribution >= 4 is 34.7 Å². The van der Waals surface area contributed by atoms with Gasteiger partial charge < -0.3 is 45.2 Å². The average Bonchev–Trinajstić information content (AvgIpc) is 2.10. The maximum absolute atomic E-state index is 9.98. The monoisotopic (exact) mass is 504 g/mol. The molecule has 0 unspecified atom stereocenters. The second-order valence-electron chi connectivity index (χ2n) is 4.10. The van der Waals surface area contributed by atoms with Crippen molar-refractivity contribution in [3.05, 3.63) is 19.3 Å². The zero-order valence-corrected chi connectivity index (χ0v) is 17.5. The molecule has 9 nitrogen and oxygen atoms in total. The van der Waals surface area contributed by atoms with Crippen LogP contribution in [0.4, 0.5) is 0 Å². The molecule has 0 atom stereocenters. The van der Waals surface area contributed by atoms with Gasteiger partial charge in [-0.2, -0.15) is 0 Å². The van der Waals surface area contributed by atoms with E-state index in [9.17, 15) is 28.8 Å². The molecule has 0 aromatic heterocycles. The van der Waals surface area contributed by atoms with E-state index < -0.39 is 0 Å². The second kappa shape index (κ2) is 27.9. The van der Waals surface area contributed by atoms with Crippen LogP contribution < -0.4 is 0 Å². The van der Waals surface area contributed by atoms with E-state index >= 15 is 0 Å². The maximum Gasteiger partial charge on any atom is 3.00 e. The number of rotatable bonds is 6. The fourth-order valence-electron chi connectivity index (χ4n) is 0.859. The van der Waals surface area contributed by atoms with Crippen molar-refractivity contribution in [2.75, 3.05) is 0 Å². The summed E-state index contributed by atoms with van der Waals surface area (Å²) >= 11 is 0. The summed E-state index contributed by atoms with van der Waals surface area (Å²) in [6.07, 6.45) is 3.17. The van der Waals surface area contributed by atoms with Gasteiger partial charge in [0.15, 0.2) is 0 Å². The molecule has 6 N–H and O–H groups in total. The van der Waals surface area contributed by atoms with E-state index in [1.54, 1.807) is 0 Å². The number of carbonyl (C=O) groups excluding carboxylic acids is 6. The van der Waals surface area contributed by atoms with Gasteiger partial charge in [-0.15, -0.1) is 0 Å². The molecule has 0 saturated heterocycles. The first-order valence-corrected chi connectivity index (χ1v) is 5.96. The van der Waals surface area contributed by atoms with E-state index in [0.29, 0.717) is 0 Å². The van der Waals surface area contributed by atoms with Gasteiger partial charge in [-0.05, 0) is 41.5 Å². The summed E-state index contributed by atoms with van der Waals surface area (Å²) in [4.78, 5) is 59.9. The Kier molecular flexibility index (Phi) is 49.1. The minimum Gasteiger partial charge on any atom is -0.412 e. The third-order valence-corrected chi connectivity index (χ3v) is 1.22. The van der Waals surface area contributed by atoms with Crippen LogP contribution >= 0.6 is 0 Å². The summed E-state index contributed by atoms with van der Waals surface area (Å²) < 4.78 is 0. The van der Waals surface area contributed by atoms with E-state index in [2.05, 4.69) is 0 Å². The van der Waals surface area contributed by atoms with Gasteiger partial charge in [0, 0.05) is 34.7 Å². The van der Waals surface area contributed by atoms with Gasteiger partial charge in [0.1, 0.15) is 0 Å². The molecule has 0 aliphatic heterocycles. The molecule has 0 fully saturated rings. The molecule has 148 valence electrons. The van der Waals surface area contributed by atoms with Gasteiger partial charge >= 0.3 is 49.4 Å². The smallest absolute Gasteiger partial charge is 0.412 e. The zero-order chi connectivity index (χ0) is 17.6. The standard InChI is InChI=1S/3C5H7O2.Eu.3H2O/c3*1-4(6)3-5(2)7;;;;/h3*3H,1-2H3;;3*1H2/q3*-1;+3;;;. The molecule has 0 amide bonds. The Hall–Kier alpha value is -0.906. The molecule has 0 spiro atoms. The first kappa shape index (κ1) is 44.0.